The Kier molecular flexibility index (Phi) is 9.39. The molecule has 152 valence electrons. The number of nitrogens with one attached hydrogen (secondary N) is 1. The number of anilines is 1. The SMILES string of the molecule is CC[C@H](C)N(CC(=O)N1CCCC1C#N)Nc1cnc2ccccc2n1.Cl.Cl. The highest BCUT2D eigenvalue weighted by molar-refractivity contribution is 5.85. The molecule has 1 aliphatic rings. The standard InChI is InChI=1S/C19H24N6O.2ClH/c1-3-14(2)25(13-19(26)24-10-6-7-15(24)11-20)23-18-12-21-16-8-4-5-9-17(16)22-18;;/h4-5,8-9,12,14-15H,3,6-7,10,13H2,1-2H3,(H,22,23);2*1H/t14-,15?;;/m0../s1. The molecule has 0 radical (unpaired) electrons. The minimum Gasteiger partial charge on any atom is -0.325 e. The van der Waals surface area contributed by atoms with E-state index in [1.54, 1.807) is 11.1 Å². The maximum absolute atomic E-state index is 12.7. The number of carbonyl (C=O) groups excluding carboxylic acids is 1. The maximum Gasteiger partial charge on any atom is 0.239 e. The molecule has 0 spiro atoms. The van der Waals surface area contributed by atoms with E-state index < -0.39 is 0 Å². The van der Waals surface area contributed by atoms with Crippen LogP contribution in [0, 0.1) is 11.3 Å². The van der Waals surface area contributed by atoms with E-state index in [0.29, 0.717) is 12.4 Å². The van der Waals surface area contributed by atoms with Crippen molar-refractivity contribution in [1.82, 2.24) is 19.9 Å². The van der Waals surface area contributed by atoms with E-state index in [0.717, 1.165) is 30.3 Å². The van der Waals surface area contributed by atoms with Crippen LogP contribution in [-0.2, 0) is 4.79 Å². The van der Waals surface area contributed by atoms with Crippen LogP contribution in [0.5, 0.6) is 0 Å². The zero-order valence-corrected chi connectivity index (χ0v) is 17.7. The van der Waals surface area contributed by atoms with Gasteiger partial charge in [0.2, 0.25) is 5.91 Å². The Morgan fingerprint density at radius 1 is 1.39 bits per heavy atom. The summed E-state index contributed by atoms with van der Waals surface area (Å²) in [7, 11) is 0. The molecule has 9 heteroatoms. The number of amides is 1. The molecule has 0 bridgehead atoms. The van der Waals surface area contributed by atoms with Crippen molar-refractivity contribution < 1.29 is 4.79 Å². The number of hydrogen-bond donors (Lipinski definition) is 1. The number of nitrogens with zero attached hydrogens (tertiary/aromatic N) is 5. The molecule has 2 aromatic rings. The number of rotatable bonds is 6. The van der Waals surface area contributed by atoms with Gasteiger partial charge in [0, 0.05) is 12.6 Å². The molecule has 2 heterocycles. The lowest BCUT2D eigenvalue weighted by Gasteiger charge is -2.31. The smallest absolute Gasteiger partial charge is 0.239 e. The van der Waals surface area contributed by atoms with Crippen molar-refractivity contribution in [1.29, 1.82) is 5.26 Å². The summed E-state index contributed by atoms with van der Waals surface area (Å²) in [5.41, 5.74) is 4.87. The summed E-state index contributed by atoms with van der Waals surface area (Å²) in [5, 5.41) is 11.1. The van der Waals surface area contributed by atoms with Crippen molar-refractivity contribution in [3.63, 3.8) is 0 Å². The van der Waals surface area contributed by atoms with E-state index in [9.17, 15) is 10.1 Å². The zero-order valence-electron chi connectivity index (χ0n) is 16.0. The van der Waals surface area contributed by atoms with E-state index in [1.165, 1.54) is 0 Å². The van der Waals surface area contributed by atoms with Crippen molar-refractivity contribution in [2.24, 2.45) is 0 Å². The van der Waals surface area contributed by atoms with Gasteiger partial charge < -0.3 is 10.3 Å². The summed E-state index contributed by atoms with van der Waals surface area (Å²) in [6.45, 7) is 4.98. The molecule has 0 aliphatic carbocycles. The number of nitriles is 1. The number of likely N-dealkylation sites (tertiary alicyclic amines) is 1. The van der Waals surface area contributed by atoms with Crippen molar-refractivity contribution in [3.8, 4) is 6.07 Å². The van der Waals surface area contributed by atoms with Crippen molar-refractivity contribution in [3.05, 3.63) is 30.5 Å². The Balaban J connectivity index is 0.00000196. The highest BCUT2D eigenvalue weighted by atomic mass is 35.5. The Labute approximate surface area is 177 Å². The van der Waals surface area contributed by atoms with Gasteiger partial charge in [-0.05, 0) is 38.3 Å². The van der Waals surface area contributed by atoms with Crippen molar-refractivity contribution in [2.45, 2.75) is 45.2 Å². The van der Waals surface area contributed by atoms with Gasteiger partial charge in [-0.2, -0.15) is 5.26 Å². The average molecular weight is 425 g/mol. The second-order valence-corrected chi connectivity index (χ2v) is 6.62. The molecular weight excluding hydrogens is 399 g/mol. The largest absolute Gasteiger partial charge is 0.325 e. The molecule has 1 amide bonds. The van der Waals surface area contributed by atoms with Crippen LogP contribution in [-0.4, -0.2) is 51.0 Å². The van der Waals surface area contributed by atoms with E-state index in [4.69, 9.17) is 0 Å². The van der Waals surface area contributed by atoms with Crippen molar-refractivity contribution >= 4 is 47.6 Å². The normalized spacial score (nSPS) is 16.8. The Morgan fingerprint density at radius 3 is 2.79 bits per heavy atom. The van der Waals surface area contributed by atoms with Crippen LogP contribution >= 0.6 is 24.8 Å². The third-order valence-electron chi connectivity index (χ3n) is 4.86. The quantitative estimate of drug-likeness (QED) is 0.714. The fourth-order valence-corrected chi connectivity index (χ4v) is 3.12. The molecule has 2 atom stereocenters. The van der Waals surface area contributed by atoms with E-state index in [-0.39, 0.29) is 49.3 Å². The molecule has 28 heavy (non-hydrogen) atoms. The van der Waals surface area contributed by atoms with Gasteiger partial charge >= 0.3 is 0 Å². The topological polar surface area (TPSA) is 85.2 Å². The van der Waals surface area contributed by atoms with Gasteiger partial charge in [0.15, 0.2) is 5.82 Å². The maximum atomic E-state index is 12.7. The van der Waals surface area contributed by atoms with Crippen LogP contribution in [0.15, 0.2) is 30.5 Å². The lowest BCUT2D eigenvalue weighted by molar-refractivity contribution is -0.132. The highest BCUT2D eigenvalue weighted by Gasteiger charge is 2.30. The summed E-state index contributed by atoms with van der Waals surface area (Å²) < 4.78 is 0. The second-order valence-electron chi connectivity index (χ2n) is 6.62. The Hall–Kier alpha value is -2.14. The third-order valence-corrected chi connectivity index (χ3v) is 4.86. The number of aromatic nitrogens is 2. The van der Waals surface area contributed by atoms with Crippen LogP contribution in [0.2, 0.25) is 0 Å². The first-order valence-corrected chi connectivity index (χ1v) is 9.06. The molecular formula is C19H26Cl2N6O. The summed E-state index contributed by atoms with van der Waals surface area (Å²) in [6, 6.07) is 9.73. The number of hydrazine groups is 1. The van der Waals surface area contributed by atoms with Gasteiger partial charge in [-0.15, -0.1) is 24.8 Å². The molecule has 3 rings (SSSR count). The first-order chi connectivity index (χ1) is 12.6. The first-order valence-electron chi connectivity index (χ1n) is 9.06. The number of fused-ring (bicyclic) bond motifs is 1. The molecule has 1 saturated heterocycles. The van der Waals surface area contributed by atoms with Gasteiger partial charge in [0.1, 0.15) is 6.04 Å². The van der Waals surface area contributed by atoms with Crippen LogP contribution < -0.4 is 5.43 Å². The monoisotopic (exact) mass is 424 g/mol. The lowest BCUT2D eigenvalue weighted by Crippen LogP contribution is -2.47. The minimum atomic E-state index is -0.304. The van der Waals surface area contributed by atoms with Crippen LogP contribution in [0.4, 0.5) is 5.82 Å². The first kappa shape index (κ1) is 23.9. The molecule has 1 aliphatic heterocycles. The van der Waals surface area contributed by atoms with Gasteiger partial charge in [-0.3, -0.25) is 9.78 Å². The Morgan fingerprint density at radius 2 is 2.11 bits per heavy atom. The number of benzene rings is 1. The number of halogens is 2. The summed E-state index contributed by atoms with van der Waals surface area (Å²) in [4.78, 5) is 23.4. The molecule has 1 fully saturated rings. The van der Waals surface area contributed by atoms with Crippen LogP contribution in [0.25, 0.3) is 11.0 Å². The van der Waals surface area contributed by atoms with Crippen LogP contribution in [0.1, 0.15) is 33.1 Å². The molecule has 0 saturated carbocycles. The zero-order chi connectivity index (χ0) is 18.5. The van der Waals surface area contributed by atoms with E-state index >= 15 is 0 Å². The van der Waals surface area contributed by atoms with Crippen LogP contribution in [0.3, 0.4) is 0 Å². The van der Waals surface area contributed by atoms with Gasteiger partial charge in [0.05, 0.1) is 29.8 Å². The summed E-state index contributed by atoms with van der Waals surface area (Å²) >= 11 is 0. The third kappa shape index (κ3) is 5.44. The minimum absolute atomic E-state index is 0. The van der Waals surface area contributed by atoms with E-state index in [1.807, 2.05) is 29.3 Å². The molecule has 1 N–H and O–H groups in total. The van der Waals surface area contributed by atoms with Gasteiger partial charge in [0.25, 0.3) is 0 Å². The summed E-state index contributed by atoms with van der Waals surface area (Å²) in [6.07, 6.45) is 4.20. The Bertz CT molecular complexity index is 827. The van der Waals surface area contributed by atoms with Gasteiger partial charge in [-0.1, -0.05) is 19.1 Å². The average Bonchev–Trinajstić information content (AvgIpc) is 3.15. The number of para-hydroxylation sites is 2. The predicted molar refractivity (Wildman–Crippen MR) is 114 cm³/mol. The molecule has 1 unspecified atom stereocenters. The number of carbonyl (C=O) groups is 1. The fourth-order valence-electron chi connectivity index (χ4n) is 3.12. The molecule has 1 aromatic carbocycles. The summed E-state index contributed by atoms with van der Waals surface area (Å²) in [5.74, 6) is 0.575. The molecule has 1 aromatic heterocycles. The van der Waals surface area contributed by atoms with Crippen molar-refractivity contribution in [2.75, 3.05) is 18.5 Å². The van der Waals surface area contributed by atoms with Gasteiger partial charge in [-0.25, -0.2) is 9.99 Å². The number of hydrogen-bond acceptors (Lipinski definition) is 6. The highest BCUT2D eigenvalue weighted by Crippen LogP contribution is 2.18. The fraction of sp³-hybridized carbons (Fsp3) is 0.474. The predicted octanol–water partition coefficient (Wildman–Crippen LogP) is 3.42. The molecule has 7 nitrogen and oxygen atoms in total. The van der Waals surface area contributed by atoms with E-state index in [2.05, 4.69) is 35.3 Å². The second kappa shape index (κ2) is 11.0. The lowest BCUT2D eigenvalue weighted by atomic mass is 10.2.